The molecule has 5 aromatic rings. The number of fused-ring (bicyclic) bond motifs is 4. The van der Waals surface area contributed by atoms with Crippen LogP contribution in [0.1, 0.15) is 5.69 Å². The molecule has 0 bridgehead atoms. The summed E-state index contributed by atoms with van der Waals surface area (Å²) < 4.78 is 0. The first-order chi connectivity index (χ1) is 11.8. The average molecular weight is 308 g/mol. The molecule has 0 spiro atoms. The number of aromatic nitrogens is 2. The van der Waals surface area contributed by atoms with Crippen molar-refractivity contribution in [2.75, 3.05) is 0 Å². The third kappa shape index (κ3) is 1.93. The van der Waals surface area contributed by atoms with Gasteiger partial charge in [-0.25, -0.2) is 0 Å². The van der Waals surface area contributed by atoms with Gasteiger partial charge < -0.3 is 4.98 Å². The number of hydrogen-bond donors (Lipinski definition) is 1. The third-order valence-electron chi connectivity index (χ3n) is 4.65. The van der Waals surface area contributed by atoms with Gasteiger partial charge in [0.15, 0.2) is 0 Å². The van der Waals surface area contributed by atoms with Crippen LogP contribution >= 0.6 is 0 Å². The van der Waals surface area contributed by atoms with Gasteiger partial charge in [0, 0.05) is 27.5 Å². The van der Waals surface area contributed by atoms with Crippen molar-refractivity contribution in [3.63, 3.8) is 0 Å². The maximum Gasteiger partial charge on any atom is 0.0946 e. The van der Waals surface area contributed by atoms with Gasteiger partial charge in [-0.15, -0.1) is 0 Å². The number of para-hydroxylation sites is 1. The smallest absolute Gasteiger partial charge is 0.0946 e. The van der Waals surface area contributed by atoms with Crippen LogP contribution in [0.2, 0.25) is 0 Å². The van der Waals surface area contributed by atoms with E-state index in [9.17, 15) is 0 Å². The number of pyridine rings is 1. The highest BCUT2D eigenvalue weighted by Crippen LogP contribution is 2.33. The number of nitrogens with zero attached hydrogens (tertiary/aromatic N) is 1. The van der Waals surface area contributed by atoms with E-state index in [2.05, 4.69) is 84.7 Å². The van der Waals surface area contributed by atoms with Crippen molar-refractivity contribution in [1.29, 1.82) is 0 Å². The summed E-state index contributed by atoms with van der Waals surface area (Å²) in [6.07, 6.45) is 0. The molecule has 2 heterocycles. The van der Waals surface area contributed by atoms with E-state index in [4.69, 9.17) is 4.98 Å². The van der Waals surface area contributed by atoms with Gasteiger partial charge in [0.05, 0.1) is 11.2 Å². The van der Waals surface area contributed by atoms with E-state index < -0.39 is 0 Å². The monoisotopic (exact) mass is 308 g/mol. The fourth-order valence-electron chi connectivity index (χ4n) is 3.52. The minimum Gasteiger partial charge on any atom is -0.353 e. The maximum atomic E-state index is 4.84. The fraction of sp³-hybridized carbons (Fsp3) is 0.0455. The molecule has 0 unspecified atom stereocenters. The quantitative estimate of drug-likeness (QED) is 0.414. The first-order valence-corrected chi connectivity index (χ1v) is 8.17. The minimum atomic E-state index is 1.02. The van der Waals surface area contributed by atoms with Crippen LogP contribution in [-0.2, 0) is 0 Å². The number of nitrogens with one attached hydrogen (secondary N) is 1. The second-order valence-electron chi connectivity index (χ2n) is 6.27. The van der Waals surface area contributed by atoms with Gasteiger partial charge in [-0.3, -0.25) is 4.98 Å². The number of H-pyrrole nitrogens is 1. The number of aryl methyl sites for hydroxylation is 1. The lowest BCUT2D eigenvalue weighted by molar-refractivity contribution is 1.22. The molecule has 0 radical (unpaired) electrons. The molecule has 0 amide bonds. The Hall–Kier alpha value is -3.13. The topological polar surface area (TPSA) is 28.7 Å². The summed E-state index contributed by atoms with van der Waals surface area (Å²) in [5, 5.41) is 4.98. The van der Waals surface area contributed by atoms with E-state index in [1.54, 1.807) is 0 Å². The highest BCUT2D eigenvalue weighted by Gasteiger charge is 2.12. The molecule has 0 aliphatic rings. The zero-order chi connectivity index (χ0) is 16.1. The zero-order valence-electron chi connectivity index (χ0n) is 13.4. The Balaban J connectivity index is 1.87. The highest BCUT2D eigenvalue weighted by molar-refractivity contribution is 6.11. The molecular weight excluding hydrogens is 292 g/mol. The second-order valence-corrected chi connectivity index (χ2v) is 6.27. The van der Waals surface area contributed by atoms with Crippen molar-refractivity contribution in [2.24, 2.45) is 0 Å². The van der Waals surface area contributed by atoms with Gasteiger partial charge in [-0.1, -0.05) is 54.6 Å². The van der Waals surface area contributed by atoms with Crippen molar-refractivity contribution in [3.05, 3.63) is 78.5 Å². The summed E-state index contributed by atoms with van der Waals surface area (Å²) in [4.78, 5) is 8.40. The number of benzene rings is 3. The standard InChI is InChI=1S/C22H16N2/c1-14-12-19-18-8-4-5-9-20(18)24-22(19)21(23-14)17-11-10-15-6-2-3-7-16(15)13-17/h2-13,24H,1H3. The zero-order valence-corrected chi connectivity index (χ0v) is 13.4. The molecule has 0 aliphatic carbocycles. The van der Waals surface area contributed by atoms with E-state index in [-0.39, 0.29) is 0 Å². The summed E-state index contributed by atoms with van der Waals surface area (Å²) in [5.41, 5.74) is 5.47. The molecule has 2 heteroatoms. The van der Waals surface area contributed by atoms with Crippen LogP contribution in [0.3, 0.4) is 0 Å². The number of aromatic amines is 1. The molecule has 3 aromatic carbocycles. The first kappa shape index (κ1) is 13.3. The lowest BCUT2D eigenvalue weighted by atomic mass is 10.0. The Bertz CT molecular complexity index is 1210. The maximum absolute atomic E-state index is 4.84. The first-order valence-electron chi connectivity index (χ1n) is 8.17. The molecule has 5 rings (SSSR count). The number of hydrogen-bond acceptors (Lipinski definition) is 1. The van der Waals surface area contributed by atoms with Gasteiger partial charge >= 0.3 is 0 Å². The van der Waals surface area contributed by atoms with Crippen molar-refractivity contribution >= 4 is 32.6 Å². The van der Waals surface area contributed by atoms with E-state index >= 15 is 0 Å². The molecule has 0 fully saturated rings. The molecule has 2 nitrogen and oxygen atoms in total. The molecule has 0 aliphatic heterocycles. The second kappa shape index (κ2) is 4.93. The Labute approximate surface area is 139 Å². The van der Waals surface area contributed by atoms with Gasteiger partial charge in [-0.2, -0.15) is 0 Å². The van der Waals surface area contributed by atoms with Crippen molar-refractivity contribution in [1.82, 2.24) is 9.97 Å². The van der Waals surface area contributed by atoms with Crippen LogP contribution < -0.4 is 0 Å². The average Bonchev–Trinajstić information content (AvgIpc) is 2.99. The Morgan fingerprint density at radius 2 is 1.54 bits per heavy atom. The van der Waals surface area contributed by atoms with E-state index in [0.29, 0.717) is 0 Å². The minimum absolute atomic E-state index is 1.02. The summed E-state index contributed by atoms with van der Waals surface area (Å²) >= 11 is 0. The van der Waals surface area contributed by atoms with Crippen LogP contribution in [0.25, 0.3) is 43.8 Å². The van der Waals surface area contributed by atoms with E-state index in [1.165, 1.54) is 21.5 Å². The Morgan fingerprint density at radius 1 is 0.750 bits per heavy atom. The largest absolute Gasteiger partial charge is 0.353 e. The van der Waals surface area contributed by atoms with Crippen molar-refractivity contribution < 1.29 is 0 Å². The van der Waals surface area contributed by atoms with E-state index in [0.717, 1.165) is 28.0 Å². The predicted octanol–water partition coefficient (Wildman–Crippen LogP) is 5.84. The van der Waals surface area contributed by atoms with Crippen molar-refractivity contribution in [2.45, 2.75) is 6.92 Å². The van der Waals surface area contributed by atoms with Crippen LogP contribution in [-0.4, -0.2) is 9.97 Å². The fourth-order valence-corrected chi connectivity index (χ4v) is 3.52. The molecule has 114 valence electrons. The molecule has 0 saturated heterocycles. The molecular formula is C22H16N2. The lowest BCUT2D eigenvalue weighted by Crippen LogP contribution is -1.89. The Morgan fingerprint density at radius 3 is 2.46 bits per heavy atom. The van der Waals surface area contributed by atoms with Gasteiger partial charge in [0.25, 0.3) is 0 Å². The van der Waals surface area contributed by atoms with Gasteiger partial charge in [0.1, 0.15) is 0 Å². The van der Waals surface area contributed by atoms with Crippen LogP contribution in [0, 0.1) is 6.92 Å². The Kier molecular flexibility index (Phi) is 2.74. The van der Waals surface area contributed by atoms with Crippen molar-refractivity contribution in [3.8, 4) is 11.3 Å². The highest BCUT2D eigenvalue weighted by atomic mass is 14.8. The van der Waals surface area contributed by atoms with Crippen LogP contribution in [0.15, 0.2) is 72.8 Å². The summed E-state index contributed by atoms with van der Waals surface area (Å²) in [7, 11) is 0. The van der Waals surface area contributed by atoms with Gasteiger partial charge in [0.2, 0.25) is 0 Å². The molecule has 1 N–H and O–H groups in total. The normalized spacial score (nSPS) is 11.5. The summed E-state index contributed by atoms with van der Waals surface area (Å²) in [6, 6.07) is 25.6. The van der Waals surface area contributed by atoms with E-state index in [1.807, 2.05) is 0 Å². The summed E-state index contributed by atoms with van der Waals surface area (Å²) in [6.45, 7) is 2.06. The van der Waals surface area contributed by atoms with Crippen LogP contribution in [0.4, 0.5) is 0 Å². The van der Waals surface area contributed by atoms with Crippen LogP contribution in [0.5, 0.6) is 0 Å². The molecule has 2 aromatic heterocycles. The predicted molar refractivity (Wildman–Crippen MR) is 101 cm³/mol. The molecule has 0 atom stereocenters. The third-order valence-corrected chi connectivity index (χ3v) is 4.65. The lowest BCUT2D eigenvalue weighted by Gasteiger charge is -2.06. The SMILES string of the molecule is Cc1cc2c([nH]c3ccccc32)c(-c2ccc3ccccc3c2)n1. The van der Waals surface area contributed by atoms with Gasteiger partial charge in [-0.05, 0) is 35.9 Å². The number of rotatable bonds is 1. The molecule has 24 heavy (non-hydrogen) atoms. The molecule has 0 saturated carbocycles. The summed E-state index contributed by atoms with van der Waals surface area (Å²) in [5.74, 6) is 0.